The van der Waals surface area contributed by atoms with Crippen molar-refractivity contribution in [2.75, 3.05) is 11.1 Å². The SMILES string of the molecule is CCCS(=O)(=O)c1ncc(Cl)c(C(=O)Nc2c(C)cccc2C)n1. The average Bonchev–Trinajstić information content (AvgIpc) is 2.51. The van der Waals surface area contributed by atoms with Gasteiger partial charge >= 0.3 is 0 Å². The van der Waals surface area contributed by atoms with Gasteiger partial charge in [-0.1, -0.05) is 36.7 Å². The molecule has 8 heteroatoms. The van der Waals surface area contributed by atoms with E-state index in [0.717, 1.165) is 17.3 Å². The second kappa shape index (κ2) is 7.27. The first-order valence-electron chi connectivity index (χ1n) is 7.39. The molecule has 128 valence electrons. The maximum atomic E-state index is 12.5. The van der Waals surface area contributed by atoms with Crippen molar-refractivity contribution in [2.45, 2.75) is 32.3 Å². The number of anilines is 1. The quantitative estimate of drug-likeness (QED) is 0.820. The van der Waals surface area contributed by atoms with Gasteiger partial charge in [0, 0.05) is 5.69 Å². The molecule has 0 radical (unpaired) electrons. The van der Waals surface area contributed by atoms with Crippen molar-refractivity contribution < 1.29 is 13.2 Å². The molecule has 0 aliphatic carbocycles. The number of rotatable bonds is 5. The van der Waals surface area contributed by atoms with E-state index in [0.29, 0.717) is 12.1 Å². The van der Waals surface area contributed by atoms with Gasteiger partial charge in [-0.2, -0.15) is 0 Å². The van der Waals surface area contributed by atoms with Crippen LogP contribution < -0.4 is 5.32 Å². The smallest absolute Gasteiger partial charge is 0.276 e. The number of para-hydroxylation sites is 1. The molecule has 0 saturated carbocycles. The number of sulfone groups is 1. The van der Waals surface area contributed by atoms with Crippen LogP contribution in [0.2, 0.25) is 5.02 Å². The highest BCUT2D eigenvalue weighted by molar-refractivity contribution is 7.91. The predicted octanol–water partition coefficient (Wildman–Crippen LogP) is 3.18. The molecule has 0 saturated heterocycles. The van der Waals surface area contributed by atoms with E-state index in [2.05, 4.69) is 15.3 Å². The van der Waals surface area contributed by atoms with Crippen molar-refractivity contribution in [2.24, 2.45) is 0 Å². The Hall–Kier alpha value is -1.99. The fourth-order valence-corrected chi connectivity index (χ4v) is 3.54. The Labute approximate surface area is 146 Å². The maximum absolute atomic E-state index is 12.5. The minimum absolute atomic E-state index is 0.00538. The van der Waals surface area contributed by atoms with Crippen LogP contribution in [0.5, 0.6) is 0 Å². The highest BCUT2D eigenvalue weighted by Gasteiger charge is 2.22. The molecule has 1 N–H and O–H groups in total. The van der Waals surface area contributed by atoms with Gasteiger partial charge < -0.3 is 5.32 Å². The van der Waals surface area contributed by atoms with E-state index in [1.807, 2.05) is 32.0 Å². The molecular formula is C16H18ClN3O3S. The molecule has 0 fully saturated rings. The number of nitrogens with zero attached hydrogens (tertiary/aromatic N) is 2. The fourth-order valence-electron chi connectivity index (χ4n) is 2.20. The monoisotopic (exact) mass is 367 g/mol. The second-order valence-corrected chi connectivity index (χ2v) is 7.80. The summed E-state index contributed by atoms with van der Waals surface area (Å²) in [5.41, 5.74) is 2.25. The molecule has 0 atom stereocenters. The number of benzene rings is 1. The molecule has 24 heavy (non-hydrogen) atoms. The number of carbonyl (C=O) groups excluding carboxylic acids is 1. The van der Waals surface area contributed by atoms with E-state index in [4.69, 9.17) is 11.6 Å². The Morgan fingerprint density at radius 3 is 2.46 bits per heavy atom. The summed E-state index contributed by atoms with van der Waals surface area (Å²) >= 11 is 5.98. The number of amides is 1. The number of aromatic nitrogens is 2. The van der Waals surface area contributed by atoms with Crippen LogP contribution in [-0.4, -0.2) is 30.0 Å². The zero-order valence-corrected chi connectivity index (χ0v) is 15.2. The van der Waals surface area contributed by atoms with Crippen LogP contribution in [0.4, 0.5) is 5.69 Å². The van der Waals surface area contributed by atoms with Crippen LogP contribution in [0.15, 0.2) is 29.6 Å². The summed E-state index contributed by atoms with van der Waals surface area (Å²) in [7, 11) is -3.63. The summed E-state index contributed by atoms with van der Waals surface area (Å²) in [5.74, 6) is -0.667. The van der Waals surface area contributed by atoms with E-state index in [-0.39, 0.29) is 21.6 Å². The highest BCUT2D eigenvalue weighted by atomic mass is 35.5. The predicted molar refractivity (Wildman–Crippen MR) is 93.3 cm³/mol. The highest BCUT2D eigenvalue weighted by Crippen LogP contribution is 2.22. The molecule has 2 rings (SSSR count). The fraction of sp³-hybridized carbons (Fsp3) is 0.312. The summed E-state index contributed by atoms with van der Waals surface area (Å²) in [5, 5.41) is 2.34. The molecule has 0 bridgehead atoms. The minimum Gasteiger partial charge on any atom is -0.320 e. The summed E-state index contributed by atoms with van der Waals surface area (Å²) in [4.78, 5) is 20.1. The van der Waals surface area contributed by atoms with Crippen LogP contribution in [0.1, 0.15) is 35.0 Å². The first-order valence-corrected chi connectivity index (χ1v) is 9.42. The maximum Gasteiger partial charge on any atom is 0.276 e. The van der Waals surface area contributed by atoms with Gasteiger partial charge in [-0.05, 0) is 31.4 Å². The number of carbonyl (C=O) groups is 1. The molecule has 1 heterocycles. The molecule has 1 amide bonds. The van der Waals surface area contributed by atoms with Crippen LogP contribution >= 0.6 is 11.6 Å². The molecule has 1 aromatic carbocycles. The lowest BCUT2D eigenvalue weighted by Crippen LogP contribution is -2.19. The molecule has 0 aliphatic heterocycles. The largest absolute Gasteiger partial charge is 0.320 e. The van der Waals surface area contributed by atoms with Gasteiger partial charge in [0.2, 0.25) is 15.0 Å². The average molecular weight is 368 g/mol. The van der Waals surface area contributed by atoms with Gasteiger partial charge in [0.1, 0.15) is 0 Å². The molecule has 2 aromatic rings. The minimum atomic E-state index is -3.63. The zero-order valence-electron chi connectivity index (χ0n) is 13.6. The van der Waals surface area contributed by atoms with Gasteiger partial charge in [-0.15, -0.1) is 0 Å². The summed E-state index contributed by atoms with van der Waals surface area (Å²) in [6.45, 7) is 5.46. The Kier molecular flexibility index (Phi) is 5.56. The van der Waals surface area contributed by atoms with E-state index in [9.17, 15) is 13.2 Å². The van der Waals surface area contributed by atoms with Crippen molar-refractivity contribution in [1.82, 2.24) is 9.97 Å². The molecule has 0 unspecified atom stereocenters. The zero-order chi connectivity index (χ0) is 17.9. The lowest BCUT2D eigenvalue weighted by atomic mass is 10.1. The Balaban J connectivity index is 2.40. The first-order chi connectivity index (χ1) is 11.3. The Morgan fingerprint density at radius 1 is 1.25 bits per heavy atom. The van der Waals surface area contributed by atoms with E-state index < -0.39 is 15.7 Å². The van der Waals surface area contributed by atoms with E-state index in [1.54, 1.807) is 6.92 Å². The number of nitrogens with one attached hydrogen (secondary N) is 1. The van der Waals surface area contributed by atoms with Crippen molar-refractivity contribution in [3.8, 4) is 0 Å². The number of aryl methyl sites for hydroxylation is 2. The van der Waals surface area contributed by atoms with Crippen LogP contribution in [0.25, 0.3) is 0 Å². The van der Waals surface area contributed by atoms with Gasteiger partial charge in [-0.3, -0.25) is 4.79 Å². The number of hydrogen-bond donors (Lipinski definition) is 1. The van der Waals surface area contributed by atoms with Crippen molar-refractivity contribution >= 4 is 33.0 Å². The van der Waals surface area contributed by atoms with E-state index in [1.165, 1.54) is 0 Å². The van der Waals surface area contributed by atoms with E-state index >= 15 is 0 Å². The van der Waals surface area contributed by atoms with Crippen LogP contribution in [0, 0.1) is 13.8 Å². The first kappa shape index (κ1) is 18.4. The Bertz CT molecular complexity index is 862. The molecular weight excluding hydrogens is 350 g/mol. The topological polar surface area (TPSA) is 89.0 Å². The summed E-state index contributed by atoms with van der Waals surface area (Å²) in [6.07, 6.45) is 1.56. The lowest BCUT2D eigenvalue weighted by molar-refractivity contribution is 0.102. The van der Waals surface area contributed by atoms with Crippen LogP contribution in [-0.2, 0) is 9.84 Å². The third-order valence-corrected chi connectivity index (χ3v) is 5.38. The lowest BCUT2D eigenvalue weighted by Gasteiger charge is -2.12. The molecule has 0 aliphatic rings. The van der Waals surface area contributed by atoms with Gasteiger partial charge in [0.15, 0.2) is 5.69 Å². The summed E-state index contributed by atoms with van der Waals surface area (Å²) < 4.78 is 24.2. The van der Waals surface area contributed by atoms with Gasteiger partial charge in [0.05, 0.1) is 17.0 Å². The second-order valence-electron chi connectivity index (χ2n) is 5.39. The van der Waals surface area contributed by atoms with Gasteiger partial charge in [0.25, 0.3) is 5.91 Å². The van der Waals surface area contributed by atoms with Gasteiger partial charge in [-0.25, -0.2) is 18.4 Å². The number of hydrogen-bond acceptors (Lipinski definition) is 5. The normalized spacial score (nSPS) is 11.3. The third kappa shape index (κ3) is 3.91. The van der Waals surface area contributed by atoms with Crippen molar-refractivity contribution in [3.63, 3.8) is 0 Å². The molecule has 6 nitrogen and oxygen atoms in total. The number of halogens is 1. The summed E-state index contributed by atoms with van der Waals surface area (Å²) in [6, 6.07) is 5.61. The molecule has 1 aromatic heterocycles. The van der Waals surface area contributed by atoms with Crippen LogP contribution in [0.3, 0.4) is 0 Å². The Morgan fingerprint density at radius 2 is 1.88 bits per heavy atom. The van der Waals surface area contributed by atoms with Crippen molar-refractivity contribution in [1.29, 1.82) is 0 Å². The van der Waals surface area contributed by atoms with Crippen molar-refractivity contribution in [3.05, 3.63) is 46.2 Å². The third-order valence-electron chi connectivity index (χ3n) is 3.41. The standard InChI is InChI=1S/C16H18ClN3O3S/c1-4-8-24(22,23)16-18-9-12(17)14(20-16)15(21)19-13-10(2)6-5-7-11(13)3/h5-7,9H,4,8H2,1-3H3,(H,19,21). The molecule has 0 spiro atoms.